The average Bonchev–Trinajstić information content (AvgIpc) is 2.36. The van der Waals surface area contributed by atoms with Crippen molar-refractivity contribution in [2.24, 2.45) is 0 Å². The number of aromatic nitrogens is 2. The highest BCUT2D eigenvalue weighted by molar-refractivity contribution is 5.83. The number of aryl methyl sites for hydroxylation is 2. The van der Waals surface area contributed by atoms with E-state index in [1.165, 1.54) is 0 Å². The van der Waals surface area contributed by atoms with Crippen LogP contribution in [0.1, 0.15) is 35.9 Å². The van der Waals surface area contributed by atoms with Crippen molar-refractivity contribution in [3.63, 3.8) is 0 Å². The van der Waals surface area contributed by atoms with Gasteiger partial charge in [0, 0.05) is 5.69 Å². The number of carboxylic acid groups (broad SMARTS) is 1. The lowest BCUT2D eigenvalue weighted by Gasteiger charge is -1.81. The summed E-state index contributed by atoms with van der Waals surface area (Å²) in [4.78, 5) is 16.7. The summed E-state index contributed by atoms with van der Waals surface area (Å²) in [7, 11) is 0. The van der Waals surface area contributed by atoms with Crippen LogP contribution in [0.4, 0.5) is 0 Å². The second kappa shape index (κ2) is 4.54. The minimum atomic E-state index is -1.02. The van der Waals surface area contributed by atoms with Gasteiger partial charge in [0.2, 0.25) is 5.82 Å². The van der Waals surface area contributed by atoms with Crippen molar-refractivity contribution in [1.29, 1.82) is 0 Å². The third-order valence-corrected chi connectivity index (χ3v) is 1.33. The van der Waals surface area contributed by atoms with Crippen LogP contribution in [0.2, 0.25) is 0 Å². The maximum absolute atomic E-state index is 10.3. The Balaban J connectivity index is 0.000000561. The van der Waals surface area contributed by atoms with E-state index in [-0.39, 0.29) is 5.82 Å². The molecule has 0 saturated heterocycles. The van der Waals surface area contributed by atoms with Gasteiger partial charge in [-0.05, 0) is 13.8 Å². The molecule has 1 heterocycles. The highest BCUT2D eigenvalue weighted by Gasteiger charge is 2.07. The highest BCUT2D eigenvalue weighted by atomic mass is 16.4. The summed E-state index contributed by atoms with van der Waals surface area (Å²) >= 11 is 0. The molecule has 0 saturated carbocycles. The molecule has 12 heavy (non-hydrogen) atoms. The Morgan fingerprint density at radius 2 is 1.92 bits per heavy atom. The molecule has 0 amide bonds. The Morgan fingerprint density at radius 1 is 1.42 bits per heavy atom. The van der Waals surface area contributed by atoms with Gasteiger partial charge in [0.25, 0.3) is 0 Å². The zero-order chi connectivity index (χ0) is 9.72. The molecule has 0 aromatic carbocycles. The van der Waals surface area contributed by atoms with Crippen LogP contribution in [0.3, 0.4) is 0 Å². The van der Waals surface area contributed by atoms with Crippen LogP contribution < -0.4 is 0 Å². The van der Waals surface area contributed by atoms with Crippen LogP contribution in [0.15, 0.2) is 0 Å². The molecule has 0 unspecified atom stereocenters. The summed E-state index contributed by atoms with van der Waals surface area (Å²) in [5.41, 5.74) is 1.54. The van der Waals surface area contributed by atoms with E-state index in [1.54, 1.807) is 13.8 Å². The topological polar surface area (TPSA) is 66.0 Å². The number of hydrogen-bond donors (Lipinski definition) is 2. The third-order valence-electron chi connectivity index (χ3n) is 1.33. The van der Waals surface area contributed by atoms with E-state index in [1.807, 2.05) is 13.8 Å². The van der Waals surface area contributed by atoms with E-state index < -0.39 is 5.97 Å². The van der Waals surface area contributed by atoms with Gasteiger partial charge >= 0.3 is 5.97 Å². The number of H-pyrrole nitrogens is 1. The number of rotatable bonds is 1. The molecule has 0 radical (unpaired) electrons. The third kappa shape index (κ3) is 2.38. The molecule has 2 N–H and O–H groups in total. The van der Waals surface area contributed by atoms with Crippen LogP contribution in [0.5, 0.6) is 0 Å². The smallest absolute Gasteiger partial charge is 0.371 e. The summed E-state index contributed by atoms with van der Waals surface area (Å²) in [6.07, 6.45) is 0. The summed E-state index contributed by atoms with van der Waals surface area (Å²) < 4.78 is 0. The predicted octanol–water partition coefficient (Wildman–Crippen LogP) is 1.75. The number of carboxylic acids is 1. The van der Waals surface area contributed by atoms with E-state index in [9.17, 15) is 4.79 Å². The predicted molar refractivity (Wildman–Crippen MR) is 46.4 cm³/mol. The van der Waals surface area contributed by atoms with Crippen LogP contribution in [-0.2, 0) is 0 Å². The van der Waals surface area contributed by atoms with Crippen molar-refractivity contribution in [2.75, 3.05) is 0 Å². The van der Waals surface area contributed by atoms with Crippen LogP contribution in [-0.4, -0.2) is 21.0 Å². The maximum atomic E-state index is 10.3. The van der Waals surface area contributed by atoms with Crippen molar-refractivity contribution in [2.45, 2.75) is 27.7 Å². The number of hydrogen-bond acceptors (Lipinski definition) is 2. The van der Waals surface area contributed by atoms with Gasteiger partial charge in [-0.3, -0.25) is 0 Å². The first-order valence-electron chi connectivity index (χ1n) is 3.87. The number of aromatic carboxylic acids is 1. The number of nitrogens with zero attached hydrogens (tertiary/aromatic N) is 1. The molecular formula is C8H14N2O2. The quantitative estimate of drug-likeness (QED) is 0.674. The van der Waals surface area contributed by atoms with Gasteiger partial charge < -0.3 is 10.1 Å². The lowest BCUT2D eigenvalue weighted by molar-refractivity contribution is 0.0684. The lowest BCUT2D eigenvalue weighted by atomic mass is 10.4. The van der Waals surface area contributed by atoms with Crippen molar-refractivity contribution in [1.82, 2.24) is 9.97 Å². The molecular weight excluding hydrogens is 156 g/mol. The molecule has 0 aliphatic rings. The van der Waals surface area contributed by atoms with Gasteiger partial charge in [-0.1, -0.05) is 13.8 Å². The van der Waals surface area contributed by atoms with Gasteiger partial charge in [0.05, 0.1) is 5.69 Å². The molecule has 0 bridgehead atoms. The number of carbonyl (C=O) groups is 1. The molecule has 1 aromatic heterocycles. The van der Waals surface area contributed by atoms with Crippen molar-refractivity contribution in [3.05, 3.63) is 17.2 Å². The van der Waals surface area contributed by atoms with Gasteiger partial charge in [-0.15, -0.1) is 0 Å². The minimum Gasteiger partial charge on any atom is -0.475 e. The summed E-state index contributed by atoms with van der Waals surface area (Å²) in [5.74, 6) is -1.01. The largest absolute Gasteiger partial charge is 0.475 e. The number of nitrogens with one attached hydrogen (secondary N) is 1. The maximum Gasteiger partial charge on any atom is 0.371 e. The number of imidazole rings is 1. The van der Waals surface area contributed by atoms with E-state index >= 15 is 0 Å². The van der Waals surface area contributed by atoms with Gasteiger partial charge in [-0.25, -0.2) is 9.78 Å². The van der Waals surface area contributed by atoms with Crippen molar-refractivity contribution in [3.8, 4) is 0 Å². The van der Waals surface area contributed by atoms with E-state index in [2.05, 4.69) is 9.97 Å². The van der Waals surface area contributed by atoms with E-state index in [4.69, 9.17) is 5.11 Å². The van der Waals surface area contributed by atoms with E-state index in [0.29, 0.717) is 0 Å². The lowest BCUT2D eigenvalue weighted by Crippen LogP contribution is -1.98. The van der Waals surface area contributed by atoms with Crippen LogP contribution in [0.25, 0.3) is 0 Å². The van der Waals surface area contributed by atoms with Gasteiger partial charge in [0.1, 0.15) is 0 Å². The Hall–Kier alpha value is -1.32. The zero-order valence-corrected chi connectivity index (χ0v) is 7.80. The molecule has 68 valence electrons. The fraction of sp³-hybridized carbons (Fsp3) is 0.500. The van der Waals surface area contributed by atoms with Gasteiger partial charge in [-0.2, -0.15) is 0 Å². The Kier molecular flexibility index (Phi) is 4.04. The SMILES string of the molecule is CC.Cc1nc(C(=O)O)[nH]c1C. The molecule has 0 aliphatic carbocycles. The Labute approximate surface area is 71.6 Å². The molecule has 0 spiro atoms. The normalized spacial score (nSPS) is 8.67. The molecule has 4 heteroatoms. The summed E-state index contributed by atoms with van der Waals surface area (Å²) in [6, 6.07) is 0. The van der Waals surface area contributed by atoms with Gasteiger partial charge in [0.15, 0.2) is 0 Å². The first kappa shape index (κ1) is 10.7. The van der Waals surface area contributed by atoms with E-state index in [0.717, 1.165) is 11.4 Å². The first-order valence-corrected chi connectivity index (χ1v) is 3.87. The second-order valence-corrected chi connectivity index (χ2v) is 2.10. The minimum absolute atomic E-state index is 0.00926. The molecule has 4 nitrogen and oxygen atoms in total. The van der Waals surface area contributed by atoms with Crippen LogP contribution in [0, 0.1) is 13.8 Å². The van der Waals surface area contributed by atoms with Crippen molar-refractivity contribution >= 4 is 5.97 Å². The Morgan fingerprint density at radius 3 is 2.08 bits per heavy atom. The monoisotopic (exact) mass is 170 g/mol. The second-order valence-electron chi connectivity index (χ2n) is 2.10. The van der Waals surface area contributed by atoms with Crippen LogP contribution >= 0.6 is 0 Å². The fourth-order valence-electron chi connectivity index (χ4n) is 0.649. The zero-order valence-electron chi connectivity index (χ0n) is 7.80. The molecule has 1 aromatic rings. The standard InChI is InChI=1S/C6H8N2O2.C2H6/c1-3-4(2)8-5(7-3)6(9)10;1-2/h1-2H3,(H,7,8)(H,9,10);1-2H3. The first-order chi connectivity index (χ1) is 5.61. The molecule has 0 fully saturated rings. The molecule has 0 aliphatic heterocycles. The average molecular weight is 170 g/mol. The summed E-state index contributed by atoms with van der Waals surface area (Å²) in [5, 5.41) is 8.43. The Bertz CT molecular complexity index is 247. The highest BCUT2D eigenvalue weighted by Crippen LogP contribution is 2.01. The summed E-state index contributed by atoms with van der Waals surface area (Å²) in [6.45, 7) is 7.55. The fourth-order valence-corrected chi connectivity index (χ4v) is 0.649. The number of aromatic amines is 1. The molecule has 0 atom stereocenters. The molecule has 1 rings (SSSR count). The van der Waals surface area contributed by atoms with Crippen molar-refractivity contribution < 1.29 is 9.90 Å².